The molecule has 3 unspecified atom stereocenters. The van der Waals surface area contributed by atoms with E-state index in [-0.39, 0.29) is 0 Å². The highest BCUT2D eigenvalue weighted by atomic mass is 15.1. The second-order valence-corrected chi connectivity index (χ2v) is 5.97. The minimum atomic E-state index is 0.734. The van der Waals surface area contributed by atoms with Crippen LogP contribution in [0.2, 0.25) is 0 Å². The molecule has 0 aliphatic heterocycles. The maximum Gasteiger partial charge on any atom is 0.182 e. The van der Waals surface area contributed by atoms with E-state index in [1.54, 1.807) is 12.7 Å². The number of aromatic amines is 1. The first-order valence-corrected chi connectivity index (χ1v) is 7.28. The van der Waals surface area contributed by atoms with Crippen LogP contribution in [0.5, 0.6) is 0 Å². The quantitative estimate of drug-likeness (QED) is 0.883. The van der Waals surface area contributed by atoms with Gasteiger partial charge in [0, 0.05) is 6.54 Å². The van der Waals surface area contributed by atoms with Crippen molar-refractivity contribution in [2.24, 2.45) is 17.8 Å². The topological polar surface area (TPSA) is 66.5 Å². The summed E-state index contributed by atoms with van der Waals surface area (Å²) in [4.78, 5) is 15.7. The van der Waals surface area contributed by atoms with E-state index in [1.165, 1.54) is 32.1 Å². The summed E-state index contributed by atoms with van der Waals surface area (Å²) >= 11 is 0. The van der Waals surface area contributed by atoms with Crippen molar-refractivity contribution in [1.82, 2.24) is 19.9 Å². The Kier molecular flexibility index (Phi) is 2.64. The Morgan fingerprint density at radius 3 is 3.05 bits per heavy atom. The molecule has 0 saturated heterocycles. The largest absolute Gasteiger partial charge is 0.368 e. The molecule has 4 rings (SSSR count). The van der Waals surface area contributed by atoms with E-state index in [2.05, 4.69) is 25.3 Å². The van der Waals surface area contributed by atoms with Gasteiger partial charge in [0.25, 0.3) is 0 Å². The first kappa shape index (κ1) is 11.2. The standard InChI is InChI=1S/C14H19N5/c1-2-10-5-9(1)6-11(10)3-4-15-13-12-14(17-7-16-12)19-8-18-13/h7-11H,1-6H2,(H2,15,16,17,18,19). The Labute approximate surface area is 112 Å². The number of hydrogen-bond donors (Lipinski definition) is 2. The Bertz CT molecular complexity index is 578. The number of aromatic nitrogens is 4. The monoisotopic (exact) mass is 257 g/mol. The molecule has 2 aliphatic rings. The van der Waals surface area contributed by atoms with Gasteiger partial charge in [0.05, 0.1) is 6.33 Å². The third-order valence-corrected chi connectivity index (χ3v) is 4.92. The van der Waals surface area contributed by atoms with Gasteiger partial charge in [0.1, 0.15) is 11.8 Å². The number of rotatable bonds is 4. The fourth-order valence-electron chi connectivity index (χ4n) is 4.01. The van der Waals surface area contributed by atoms with Gasteiger partial charge in [-0.25, -0.2) is 15.0 Å². The maximum absolute atomic E-state index is 4.30. The summed E-state index contributed by atoms with van der Waals surface area (Å²) in [5.41, 5.74) is 1.65. The normalized spacial score (nSPS) is 29.2. The highest BCUT2D eigenvalue weighted by Crippen LogP contribution is 2.49. The van der Waals surface area contributed by atoms with Gasteiger partial charge in [-0.15, -0.1) is 0 Å². The number of nitrogens with one attached hydrogen (secondary N) is 2. The van der Waals surface area contributed by atoms with Crippen LogP contribution in [0, 0.1) is 17.8 Å². The molecule has 5 nitrogen and oxygen atoms in total. The van der Waals surface area contributed by atoms with Gasteiger partial charge in [0.2, 0.25) is 0 Å². The summed E-state index contributed by atoms with van der Waals surface area (Å²) in [5.74, 6) is 3.86. The van der Waals surface area contributed by atoms with E-state index >= 15 is 0 Å². The number of imidazole rings is 1. The van der Waals surface area contributed by atoms with Crippen molar-refractivity contribution in [1.29, 1.82) is 0 Å². The lowest BCUT2D eigenvalue weighted by molar-refractivity contribution is 0.321. The number of hydrogen-bond acceptors (Lipinski definition) is 4. The van der Waals surface area contributed by atoms with E-state index in [9.17, 15) is 0 Å². The van der Waals surface area contributed by atoms with Gasteiger partial charge in [-0.3, -0.25) is 0 Å². The van der Waals surface area contributed by atoms with Crippen LogP contribution in [-0.2, 0) is 0 Å². The third-order valence-electron chi connectivity index (χ3n) is 4.92. The summed E-state index contributed by atoms with van der Waals surface area (Å²) in [7, 11) is 0. The predicted molar refractivity (Wildman–Crippen MR) is 73.7 cm³/mol. The van der Waals surface area contributed by atoms with Crippen LogP contribution < -0.4 is 5.32 Å². The lowest BCUT2D eigenvalue weighted by Gasteiger charge is -2.21. The summed E-state index contributed by atoms with van der Waals surface area (Å²) in [6.07, 6.45) is 10.4. The Morgan fingerprint density at radius 1 is 1.21 bits per heavy atom. The lowest BCUT2D eigenvalue weighted by Crippen LogP contribution is -2.15. The summed E-state index contributed by atoms with van der Waals surface area (Å²) in [6.45, 7) is 0.999. The number of nitrogens with zero attached hydrogens (tertiary/aromatic N) is 3. The minimum absolute atomic E-state index is 0.734. The van der Waals surface area contributed by atoms with Crippen molar-refractivity contribution in [3.63, 3.8) is 0 Å². The van der Waals surface area contributed by atoms with Crippen molar-refractivity contribution in [3.05, 3.63) is 12.7 Å². The molecule has 19 heavy (non-hydrogen) atoms. The van der Waals surface area contributed by atoms with E-state index in [1.807, 2.05) is 0 Å². The molecule has 2 bridgehead atoms. The summed E-state index contributed by atoms with van der Waals surface area (Å²) in [6, 6.07) is 0. The van der Waals surface area contributed by atoms with Crippen LogP contribution >= 0.6 is 0 Å². The van der Waals surface area contributed by atoms with Crippen LogP contribution in [0.25, 0.3) is 11.2 Å². The van der Waals surface area contributed by atoms with Gasteiger partial charge in [-0.1, -0.05) is 6.42 Å². The van der Waals surface area contributed by atoms with Gasteiger partial charge in [-0.05, 0) is 43.4 Å². The van der Waals surface area contributed by atoms with E-state index in [4.69, 9.17) is 0 Å². The molecule has 0 spiro atoms. The van der Waals surface area contributed by atoms with Crippen LogP contribution in [0.1, 0.15) is 32.1 Å². The van der Waals surface area contributed by atoms with Gasteiger partial charge in [-0.2, -0.15) is 0 Å². The van der Waals surface area contributed by atoms with Crippen LogP contribution in [0.15, 0.2) is 12.7 Å². The average molecular weight is 257 g/mol. The molecule has 3 atom stereocenters. The molecule has 2 heterocycles. The maximum atomic E-state index is 4.30. The Balaban J connectivity index is 1.38. The van der Waals surface area contributed by atoms with Crippen molar-refractivity contribution in [2.75, 3.05) is 11.9 Å². The van der Waals surface area contributed by atoms with Crippen LogP contribution in [-0.4, -0.2) is 26.5 Å². The molecule has 2 saturated carbocycles. The molecule has 0 amide bonds. The predicted octanol–water partition coefficient (Wildman–Crippen LogP) is 2.59. The number of fused-ring (bicyclic) bond motifs is 3. The second-order valence-electron chi connectivity index (χ2n) is 5.97. The fraction of sp³-hybridized carbons (Fsp3) is 0.643. The van der Waals surface area contributed by atoms with Gasteiger partial charge < -0.3 is 10.3 Å². The zero-order chi connectivity index (χ0) is 12.7. The molecule has 2 aromatic heterocycles. The number of H-pyrrole nitrogens is 1. The van der Waals surface area contributed by atoms with Crippen LogP contribution in [0.4, 0.5) is 5.82 Å². The van der Waals surface area contributed by atoms with E-state index in [0.717, 1.165) is 41.3 Å². The van der Waals surface area contributed by atoms with E-state index < -0.39 is 0 Å². The van der Waals surface area contributed by atoms with Gasteiger partial charge in [0.15, 0.2) is 11.5 Å². The first-order valence-electron chi connectivity index (χ1n) is 7.28. The third kappa shape index (κ3) is 1.97. The zero-order valence-electron chi connectivity index (χ0n) is 11.0. The zero-order valence-corrected chi connectivity index (χ0v) is 11.0. The molecular weight excluding hydrogens is 238 g/mol. The summed E-state index contributed by atoms with van der Waals surface area (Å²) in [5, 5.41) is 3.44. The molecule has 0 radical (unpaired) electrons. The highest BCUT2D eigenvalue weighted by molar-refractivity contribution is 5.81. The minimum Gasteiger partial charge on any atom is -0.368 e. The second kappa shape index (κ2) is 4.47. The molecule has 2 N–H and O–H groups in total. The molecule has 2 fully saturated rings. The fourth-order valence-corrected chi connectivity index (χ4v) is 4.01. The highest BCUT2D eigenvalue weighted by Gasteiger charge is 2.38. The SMILES string of the molecule is c1nc(NCCC2CC3CCC2C3)c2[nH]cnc2n1. The molecule has 2 aliphatic carbocycles. The average Bonchev–Trinajstić information content (AvgIpc) is 3.14. The molecule has 5 heteroatoms. The number of anilines is 1. The molecule has 100 valence electrons. The van der Waals surface area contributed by atoms with Gasteiger partial charge >= 0.3 is 0 Å². The Morgan fingerprint density at radius 2 is 2.21 bits per heavy atom. The molecule has 0 aromatic carbocycles. The van der Waals surface area contributed by atoms with Crippen molar-refractivity contribution < 1.29 is 0 Å². The van der Waals surface area contributed by atoms with E-state index in [0.29, 0.717) is 0 Å². The first-order chi connectivity index (χ1) is 9.40. The smallest absolute Gasteiger partial charge is 0.182 e. The molecular formula is C14H19N5. The lowest BCUT2D eigenvalue weighted by atomic mass is 9.86. The van der Waals surface area contributed by atoms with Crippen LogP contribution in [0.3, 0.4) is 0 Å². The molecule has 2 aromatic rings. The van der Waals surface area contributed by atoms with Crippen molar-refractivity contribution in [2.45, 2.75) is 32.1 Å². The van der Waals surface area contributed by atoms with Crippen molar-refractivity contribution in [3.8, 4) is 0 Å². The summed E-state index contributed by atoms with van der Waals surface area (Å²) < 4.78 is 0. The van der Waals surface area contributed by atoms with Crippen molar-refractivity contribution >= 4 is 17.0 Å². The Hall–Kier alpha value is -1.65.